The Morgan fingerprint density at radius 2 is 1.81 bits per heavy atom. The van der Waals surface area contributed by atoms with E-state index in [4.69, 9.17) is 9.41 Å². The number of rotatable bonds is 9. The van der Waals surface area contributed by atoms with Gasteiger partial charge in [-0.1, -0.05) is 54.6 Å². The van der Waals surface area contributed by atoms with Gasteiger partial charge in [-0.05, 0) is 35.2 Å². The molecule has 0 spiro atoms. The number of nitrogens with zero attached hydrogens (tertiary/aromatic N) is 2. The van der Waals surface area contributed by atoms with Gasteiger partial charge in [-0.3, -0.25) is 4.90 Å². The Bertz CT molecular complexity index is 973. The van der Waals surface area contributed by atoms with Crippen LogP contribution in [0.2, 0.25) is 0 Å². The van der Waals surface area contributed by atoms with Crippen molar-refractivity contribution < 1.29 is 9.52 Å². The van der Waals surface area contributed by atoms with Gasteiger partial charge in [0.05, 0.1) is 18.9 Å². The van der Waals surface area contributed by atoms with Crippen molar-refractivity contribution in [3.63, 3.8) is 0 Å². The number of hydrogen-bond acceptors (Lipinski definition) is 4. The summed E-state index contributed by atoms with van der Waals surface area (Å²) >= 11 is 0. The summed E-state index contributed by atoms with van der Waals surface area (Å²) in [6.07, 6.45) is 3.16. The minimum atomic E-state index is -0.199. The normalized spacial score (nSPS) is 16.9. The predicted molar refractivity (Wildman–Crippen MR) is 127 cm³/mol. The average Bonchev–Trinajstić information content (AvgIpc) is 3.48. The Morgan fingerprint density at radius 1 is 1.00 bits per heavy atom. The van der Waals surface area contributed by atoms with Crippen LogP contribution in [-0.4, -0.2) is 41.7 Å². The van der Waals surface area contributed by atoms with Crippen molar-refractivity contribution in [3.05, 3.63) is 95.4 Å². The fraction of sp³-hybridized carbons (Fsp3) is 0.346. The van der Waals surface area contributed by atoms with Crippen molar-refractivity contribution in [2.24, 2.45) is 4.99 Å². The summed E-state index contributed by atoms with van der Waals surface area (Å²) in [6.45, 7) is 4.60. The average molecular weight is 433 g/mol. The van der Waals surface area contributed by atoms with Gasteiger partial charge in [0.25, 0.3) is 0 Å². The van der Waals surface area contributed by atoms with Gasteiger partial charge in [-0.25, -0.2) is 4.99 Å². The number of guanidine groups is 1. The molecule has 0 radical (unpaired) electrons. The van der Waals surface area contributed by atoms with Gasteiger partial charge >= 0.3 is 0 Å². The third-order valence-electron chi connectivity index (χ3n) is 5.71. The lowest BCUT2D eigenvalue weighted by Gasteiger charge is -2.19. The maximum absolute atomic E-state index is 9.84. The molecule has 1 saturated heterocycles. The summed E-state index contributed by atoms with van der Waals surface area (Å²) in [5.41, 5.74) is 3.70. The van der Waals surface area contributed by atoms with E-state index >= 15 is 0 Å². The molecular weight excluding hydrogens is 400 g/mol. The van der Waals surface area contributed by atoms with Crippen molar-refractivity contribution in [1.29, 1.82) is 0 Å². The van der Waals surface area contributed by atoms with Crippen LogP contribution in [0.25, 0.3) is 0 Å². The molecule has 1 unspecified atom stereocenters. The summed E-state index contributed by atoms with van der Waals surface area (Å²) < 4.78 is 5.44. The lowest BCUT2D eigenvalue weighted by Crippen LogP contribution is -2.38. The molecule has 0 amide bonds. The molecular formula is C26H32N4O2. The first kappa shape index (κ1) is 22.1. The van der Waals surface area contributed by atoms with E-state index in [1.165, 1.54) is 16.7 Å². The molecule has 0 saturated carbocycles. The molecule has 32 heavy (non-hydrogen) atoms. The monoisotopic (exact) mass is 432 g/mol. The van der Waals surface area contributed by atoms with E-state index in [2.05, 4.69) is 51.9 Å². The molecule has 6 nitrogen and oxygen atoms in total. The fourth-order valence-corrected chi connectivity index (χ4v) is 3.95. The number of likely N-dealkylation sites (tertiary alicyclic amines) is 1. The second-order valence-electron chi connectivity index (χ2n) is 8.21. The fourth-order valence-electron chi connectivity index (χ4n) is 3.95. The molecule has 0 bridgehead atoms. The molecule has 1 fully saturated rings. The van der Waals surface area contributed by atoms with Crippen LogP contribution >= 0.6 is 0 Å². The Labute approximate surface area is 190 Å². The second-order valence-corrected chi connectivity index (χ2v) is 8.21. The lowest BCUT2D eigenvalue weighted by molar-refractivity contribution is 0.174. The third kappa shape index (κ3) is 6.70. The number of benzene rings is 2. The predicted octanol–water partition coefficient (Wildman–Crippen LogP) is 3.32. The number of aliphatic hydroxyl groups excluding tert-OH is 1. The molecule has 4 rings (SSSR count). The van der Waals surface area contributed by atoms with E-state index in [1.54, 1.807) is 6.26 Å². The summed E-state index contributed by atoms with van der Waals surface area (Å²) in [7, 11) is 0. The van der Waals surface area contributed by atoms with Crippen LogP contribution in [0, 0.1) is 0 Å². The lowest BCUT2D eigenvalue weighted by atomic mass is 10.1. The minimum absolute atomic E-state index is 0.199. The van der Waals surface area contributed by atoms with Crippen LogP contribution in [-0.2, 0) is 26.1 Å². The van der Waals surface area contributed by atoms with Crippen molar-refractivity contribution >= 4 is 5.96 Å². The van der Waals surface area contributed by atoms with Crippen LogP contribution in [0.15, 0.2) is 82.4 Å². The van der Waals surface area contributed by atoms with Crippen LogP contribution in [0.4, 0.5) is 0 Å². The van der Waals surface area contributed by atoms with Gasteiger partial charge < -0.3 is 20.2 Å². The molecule has 1 atom stereocenters. The highest BCUT2D eigenvalue weighted by Gasteiger charge is 2.20. The molecule has 168 valence electrons. The van der Waals surface area contributed by atoms with E-state index < -0.39 is 0 Å². The molecule has 2 heterocycles. The summed E-state index contributed by atoms with van der Waals surface area (Å²) in [5, 5.41) is 16.8. The Balaban J connectivity index is 1.38. The molecule has 1 aliphatic heterocycles. The van der Waals surface area contributed by atoms with E-state index in [9.17, 15) is 5.11 Å². The van der Waals surface area contributed by atoms with Crippen molar-refractivity contribution in [2.75, 3.05) is 19.6 Å². The van der Waals surface area contributed by atoms with Crippen LogP contribution in [0.1, 0.15) is 28.9 Å². The van der Waals surface area contributed by atoms with Crippen molar-refractivity contribution in [1.82, 2.24) is 15.5 Å². The Hall–Kier alpha value is -3.09. The van der Waals surface area contributed by atoms with Gasteiger partial charge in [0.1, 0.15) is 5.76 Å². The highest BCUT2D eigenvalue weighted by atomic mass is 16.3. The number of hydrogen-bond donors (Lipinski definition) is 3. The number of aliphatic hydroxyl groups is 1. The molecule has 3 N–H and O–H groups in total. The topological polar surface area (TPSA) is 73.0 Å². The maximum atomic E-state index is 9.84. The van der Waals surface area contributed by atoms with Crippen LogP contribution in [0.3, 0.4) is 0 Å². The van der Waals surface area contributed by atoms with Gasteiger partial charge in [0.2, 0.25) is 0 Å². The zero-order valence-electron chi connectivity index (χ0n) is 18.4. The number of furan rings is 1. The summed E-state index contributed by atoms with van der Waals surface area (Å²) in [5.74, 6) is 1.74. The van der Waals surface area contributed by atoms with E-state index in [-0.39, 0.29) is 6.10 Å². The molecule has 3 aromatic rings. The standard InChI is InChI=1S/C26H32N4O2/c31-24-13-15-30(20-24)19-23-10-5-4-9-22(23)18-29-26(27-14-12-25-11-6-16-32-25)28-17-21-7-2-1-3-8-21/h1-11,16,24,31H,12-15,17-20H2,(H2,27,28,29). The van der Waals surface area contributed by atoms with Crippen molar-refractivity contribution in [3.8, 4) is 0 Å². The smallest absolute Gasteiger partial charge is 0.191 e. The van der Waals surface area contributed by atoms with Gasteiger partial charge in [0, 0.05) is 39.1 Å². The van der Waals surface area contributed by atoms with Crippen molar-refractivity contribution in [2.45, 2.75) is 38.6 Å². The van der Waals surface area contributed by atoms with Gasteiger partial charge in [0.15, 0.2) is 5.96 Å². The molecule has 1 aromatic heterocycles. The maximum Gasteiger partial charge on any atom is 0.191 e. The zero-order valence-corrected chi connectivity index (χ0v) is 18.4. The first-order valence-corrected chi connectivity index (χ1v) is 11.3. The quantitative estimate of drug-likeness (QED) is 0.357. The number of β-amino-alcohol motifs (C(OH)–C–C–N with tert-alkyl or cyclic N) is 1. The first-order valence-electron chi connectivity index (χ1n) is 11.3. The largest absolute Gasteiger partial charge is 0.469 e. The Kier molecular flexibility index (Phi) is 7.95. The van der Waals surface area contributed by atoms with Gasteiger partial charge in [-0.15, -0.1) is 0 Å². The summed E-state index contributed by atoms with van der Waals surface area (Å²) in [4.78, 5) is 7.11. The van der Waals surface area contributed by atoms with Crippen LogP contribution < -0.4 is 10.6 Å². The second kappa shape index (κ2) is 11.5. The number of aliphatic imine (C=N–C) groups is 1. The highest BCUT2D eigenvalue weighted by Crippen LogP contribution is 2.16. The summed E-state index contributed by atoms with van der Waals surface area (Å²) in [6, 6.07) is 22.6. The highest BCUT2D eigenvalue weighted by molar-refractivity contribution is 5.79. The third-order valence-corrected chi connectivity index (χ3v) is 5.71. The number of nitrogens with one attached hydrogen (secondary N) is 2. The van der Waals surface area contributed by atoms with E-state index in [1.807, 2.05) is 30.3 Å². The van der Waals surface area contributed by atoms with Crippen LogP contribution in [0.5, 0.6) is 0 Å². The molecule has 1 aliphatic rings. The van der Waals surface area contributed by atoms with E-state index in [0.717, 1.165) is 50.7 Å². The minimum Gasteiger partial charge on any atom is -0.469 e. The molecule has 6 heteroatoms. The first-order chi connectivity index (χ1) is 15.8. The van der Waals surface area contributed by atoms with Gasteiger partial charge in [-0.2, -0.15) is 0 Å². The Morgan fingerprint density at radius 3 is 2.56 bits per heavy atom. The molecule has 2 aromatic carbocycles. The molecule has 0 aliphatic carbocycles. The SMILES string of the molecule is OC1CCN(Cc2ccccc2CNC(=NCc2ccccc2)NCCc2ccco2)C1. The zero-order chi connectivity index (χ0) is 22.0. The van der Waals surface area contributed by atoms with E-state index in [0.29, 0.717) is 13.1 Å².